The smallest absolute Gasteiger partial charge is 0.240 e. The van der Waals surface area contributed by atoms with Gasteiger partial charge in [-0.2, -0.15) is 5.10 Å². The predicted octanol–water partition coefficient (Wildman–Crippen LogP) is 2.71. The van der Waals surface area contributed by atoms with Gasteiger partial charge in [0.15, 0.2) is 0 Å². The summed E-state index contributed by atoms with van der Waals surface area (Å²) in [6, 6.07) is 16.7. The molecule has 0 bridgehead atoms. The van der Waals surface area contributed by atoms with E-state index in [1.807, 2.05) is 36.7 Å². The molecular weight excluding hydrogens is 412 g/mol. The first-order chi connectivity index (χ1) is 14.8. The van der Waals surface area contributed by atoms with Crippen LogP contribution in [0.3, 0.4) is 0 Å². The quantitative estimate of drug-likeness (QED) is 0.535. The Bertz CT molecular complexity index is 1140. The maximum absolute atomic E-state index is 12.3. The molecule has 2 N–H and O–H groups in total. The number of carbonyl (C=O) groups excluding carboxylic acids is 1. The summed E-state index contributed by atoms with van der Waals surface area (Å²) in [5.41, 5.74) is 5.08. The molecule has 31 heavy (non-hydrogen) atoms. The standard InChI is InChI=1S/C23H28N4O3S/c1-17-22(18(2)27(26-17)16-20-7-5-4-6-8-20)15-25-23(28)14-11-19-9-12-21(13-10-19)31(29,30)24-3/h4-10,12-13,24H,11,14-16H2,1-3H3,(H,25,28). The molecule has 0 saturated carbocycles. The SMILES string of the molecule is CNS(=O)(=O)c1ccc(CCC(=O)NCc2c(C)nn(Cc3ccccc3)c2C)cc1. The number of carbonyl (C=O) groups is 1. The molecule has 0 spiro atoms. The minimum atomic E-state index is -3.45. The lowest BCUT2D eigenvalue weighted by atomic mass is 10.1. The monoisotopic (exact) mass is 440 g/mol. The Morgan fingerprint density at radius 1 is 1.00 bits per heavy atom. The maximum Gasteiger partial charge on any atom is 0.240 e. The van der Waals surface area contributed by atoms with Gasteiger partial charge in [-0.1, -0.05) is 42.5 Å². The van der Waals surface area contributed by atoms with Crippen LogP contribution in [0.2, 0.25) is 0 Å². The van der Waals surface area contributed by atoms with Crippen molar-refractivity contribution in [2.24, 2.45) is 0 Å². The molecule has 1 heterocycles. The molecule has 3 aromatic rings. The molecular formula is C23H28N4O3S. The average molecular weight is 441 g/mol. The first kappa shape index (κ1) is 22.7. The van der Waals surface area contributed by atoms with Gasteiger partial charge in [-0.15, -0.1) is 0 Å². The van der Waals surface area contributed by atoms with Gasteiger partial charge in [0, 0.05) is 24.2 Å². The highest BCUT2D eigenvalue weighted by atomic mass is 32.2. The van der Waals surface area contributed by atoms with Crippen LogP contribution in [0.5, 0.6) is 0 Å². The first-order valence-electron chi connectivity index (χ1n) is 10.2. The summed E-state index contributed by atoms with van der Waals surface area (Å²) in [6.45, 7) is 5.10. The molecule has 0 aliphatic heterocycles. The van der Waals surface area contributed by atoms with E-state index in [-0.39, 0.29) is 10.8 Å². The lowest BCUT2D eigenvalue weighted by molar-refractivity contribution is -0.121. The van der Waals surface area contributed by atoms with Crippen molar-refractivity contribution in [2.75, 3.05) is 7.05 Å². The van der Waals surface area contributed by atoms with E-state index in [2.05, 4.69) is 27.3 Å². The number of sulfonamides is 1. The third-order valence-corrected chi connectivity index (χ3v) is 6.74. The Labute approximate surface area is 183 Å². The lowest BCUT2D eigenvalue weighted by Crippen LogP contribution is -2.23. The number of benzene rings is 2. The highest BCUT2D eigenvalue weighted by molar-refractivity contribution is 7.89. The lowest BCUT2D eigenvalue weighted by Gasteiger charge is -2.08. The summed E-state index contributed by atoms with van der Waals surface area (Å²) in [5, 5.41) is 7.60. The third kappa shape index (κ3) is 5.80. The topological polar surface area (TPSA) is 93.1 Å². The van der Waals surface area contributed by atoms with Gasteiger partial charge < -0.3 is 5.32 Å². The maximum atomic E-state index is 12.3. The number of rotatable bonds is 9. The molecule has 8 heteroatoms. The fourth-order valence-corrected chi connectivity index (χ4v) is 4.12. The van der Waals surface area contributed by atoms with Crippen molar-refractivity contribution in [1.29, 1.82) is 0 Å². The molecule has 0 fully saturated rings. The van der Waals surface area contributed by atoms with Crippen molar-refractivity contribution >= 4 is 15.9 Å². The first-order valence-corrected chi connectivity index (χ1v) is 11.6. The summed E-state index contributed by atoms with van der Waals surface area (Å²) in [7, 11) is -2.07. The average Bonchev–Trinajstić information content (AvgIpc) is 3.04. The third-order valence-electron chi connectivity index (χ3n) is 5.31. The summed E-state index contributed by atoms with van der Waals surface area (Å²) < 4.78 is 27.8. The van der Waals surface area contributed by atoms with Crippen LogP contribution in [0.25, 0.3) is 0 Å². The zero-order chi connectivity index (χ0) is 22.4. The van der Waals surface area contributed by atoms with Crippen LogP contribution in [0, 0.1) is 13.8 Å². The Morgan fingerprint density at radius 2 is 1.68 bits per heavy atom. The van der Waals surface area contributed by atoms with Gasteiger partial charge in [0.1, 0.15) is 0 Å². The van der Waals surface area contributed by atoms with Crippen molar-refractivity contribution < 1.29 is 13.2 Å². The van der Waals surface area contributed by atoms with E-state index in [0.717, 1.165) is 22.5 Å². The van der Waals surface area contributed by atoms with Crippen molar-refractivity contribution in [3.8, 4) is 0 Å². The van der Waals surface area contributed by atoms with Crippen LogP contribution in [0.1, 0.15) is 34.5 Å². The van der Waals surface area contributed by atoms with Crippen molar-refractivity contribution in [2.45, 2.75) is 44.7 Å². The van der Waals surface area contributed by atoms with E-state index in [4.69, 9.17) is 0 Å². The van der Waals surface area contributed by atoms with E-state index in [0.29, 0.717) is 25.9 Å². The highest BCUT2D eigenvalue weighted by Gasteiger charge is 2.14. The predicted molar refractivity (Wildman–Crippen MR) is 120 cm³/mol. The van der Waals surface area contributed by atoms with Gasteiger partial charge in [0.05, 0.1) is 17.1 Å². The van der Waals surface area contributed by atoms with Crippen LogP contribution in [0.15, 0.2) is 59.5 Å². The van der Waals surface area contributed by atoms with E-state index in [1.54, 1.807) is 24.3 Å². The largest absolute Gasteiger partial charge is 0.352 e. The molecule has 1 amide bonds. The van der Waals surface area contributed by atoms with Gasteiger partial charge in [0.25, 0.3) is 0 Å². The minimum Gasteiger partial charge on any atom is -0.352 e. The van der Waals surface area contributed by atoms with E-state index in [9.17, 15) is 13.2 Å². The molecule has 0 aliphatic carbocycles. The van der Waals surface area contributed by atoms with Gasteiger partial charge in [-0.05, 0) is 50.6 Å². The second-order valence-corrected chi connectivity index (χ2v) is 9.31. The Kier molecular flexibility index (Phi) is 7.25. The molecule has 2 aromatic carbocycles. The van der Waals surface area contributed by atoms with Crippen LogP contribution >= 0.6 is 0 Å². The molecule has 0 aliphatic rings. The molecule has 3 rings (SSSR count). The molecule has 0 radical (unpaired) electrons. The summed E-state index contributed by atoms with van der Waals surface area (Å²) in [4.78, 5) is 12.5. The Morgan fingerprint density at radius 3 is 2.32 bits per heavy atom. The summed E-state index contributed by atoms with van der Waals surface area (Å²) in [5.74, 6) is -0.0541. The number of hydrogen-bond donors (Lipinski definition) is 2. The highest BCUT2D eigenvalue weighted by Crippen LogP contribution is 2.15. The number of nitrogens with zero attached hydrogens (tertiary/aromatic N) is 2. The van der Waals surface area contributed by atoms with Crippen LogP contribution < -0.4 is 10.0 Å². The number of aryl methyl sites for hydroxylation is 2. The van der Waals surface area contributed by atoms with Crippen molar-refractivity contribution in [3.63, 3.8) is 0 Å². The molecule has 7 nitrogen and oxygen atoms in total. The van der Waals surface area contributed by atoms with Crippen molar-refractivity contribution in [1.82, 2.24) is 19.8 Å². The zero-order valence-corrected chi connectivity index (χ0v) is 18.9. The van der Waals surface area contributed by atoms with E-state index >= 15 is 0 Å². The summed E-state index contributed by atoms with van der Waals surface area (Å²) in [6.07, 6.45) is 0.866. The summed E-state index contributed by atoms with van der Waals surface area (Å²) >= 11 is 0. The number of hydrogen-bond acceptors (Lipinski definition) is 4. The molecule has 1 aromatic heterocycles. The number of amides is 1. The van der Waals surface area contributed by atoms with Crippen LogP contribution in [0.4, 0.5) is 0 Å². The fourth-order valence-electron chi connectivity index (χ4n) is 3.39. The zero-order valence-electron chi connectivity index (χ0n) is 18.1. The Hall–Kier alpha value is -2.97. The van der Waals surface area contributed by atoms with E-state index < -0.39 is 10.0 Å². The van der Waals surface area contributed by atoms with Crippen LogP contribution in [-0.4, -0.2) is 31.2 Å². The molecule has 0 saturated heterocycles. The Balaban J connectivity index is 1.54. The molecule has 0 unspecified atom stereocenters. The second-order valence-electron chi connectivity index (χ2n) is 7.42. The normalized spacial score (nSPS) is 11.5. The second kappa shape index (κ2) is 9.89. The number of aromatic nitrogens is 2. The van der Waals surface area contributed by atoms with Gasteiger partial charge in [-0.25, -0.2) is 13.1 Å². The van der Waals surface area contributed by atoms with Crippen molar-refractivity contribution in [3.05, 3.63) is 82.7 Å². The molecule has 164 valence electrons. The van der Waals surface area contributed by atoms with Crippen LogP contribution in [-0.2, 0) is 34.3 Å². The van der Waals surface area contributed by atoms with Gasteiger partial charge in [0.2, 0.25) is 15.9 Å². The minimum absolute atomic E-state index is 0.0541. The number of nitrogens with one attached hydrogen (secondary N) is 2. The van der Waals surface area contributed by atoms with E-state index in [1.165, 1.54) is 12.6 Å². The van der Waals surface area contributed by atoms with Gasteiger partial charge in [-0.3, -0.25) is 9.48 Å². The van der Waals surface area contributed by atoms with Gasteiger partial charge >= 0.3 is 0 Å². The fraction of sp³-hybridized carbons (Fsp3) is 0.304. The molecule has 0 atom stereocenters.